The number of carboxylic acid groups (broad SMARTS) is 2. The molecule has 0 radical (unpaired) electrons. The monoisotopic (exact) mass is 294 g/mol. The van der Waals surface area contributed by atoms with Gasteiger partial charge in [-0.2, -0.15) is 0 Å². The number of carbonyl (C=O) groups excluding carboxylic acids is 2. The molecular weight excluding hydrogens is 280 g/mol. The van der Waals surface area contributed by atoms with Crippen LogP contribution < -0.4 is 10.2 Å². The Morgan fingerprint density at radius 1 is 0.737 bits per heavy atom. The summed E-state index contributed by atoms with van der Waals surface area (Å²) >= 11 is 0. The molecule has 19 heavy (non-hydrogen) atoms. The molecule has 0 heterocycles. The predicted molar refractivity (Wildman–Crippen MR) is 53.0 cm³/mol. The predicted octanol–water partition coefficient (Wildman–Crippen LogP) is -6.09. The quantitative estimate of drug-likeness (QED) is 0.202. The van der Waals surface area contributed by atoms with Crippen LogP contribution >= 0.6 is 0 Å². The largest absolute Gasteiger partial charge is 2.00 e. The normalized spacial score (nSPS) is 10.8. The van der Waals surface area contributed by atoms with Crippen molar-refractivity contribution in [3.05, 3.63) is 0 Å². The summed E-state index contributed by atoms with van der Waals surface area (Å²) in [6.45, 7) is 0. The number of aliphatic carboxylic acids is 2. The van der Waals surface area contributed by atoms with Crippen LogP contribution in [0, 0.1) is 0 Å². The molecule has 0 bridgehead atoms. The van der Waals surface area contributed by atoms with Gasteiger partial charge in [0.1, 0.15) is 0 Å². The third-order valence-electron chi connectivity index (χ3n) is 1.33. The third-order valence-corrected chi connectivity index (χ3v) is 1.33. The van der Waals surface area contributed by atoms with Crippen molar-refractivity contribution in [2.75, 3.05) is 0 Å². The van der Waals surface area contributed by atoms with E-state index in [9.17, 15) is 19.8 Å². The van der Waals surface area contributed by atoms with Gasteiger partial charge in [0, 0.05) is 24.8 Å². The Morgan fingerprint density at radius 2 is 0.947 bits per heavy atom. The van der Waals surface area contributed by atoms with Crippen LogP contribution in [0.4, 0.5) is 0 Å². The van der Waals surface area contributed by atoms with Gasteiger partial charge in [0.25, 0.3) is 11.9 Å². The fraction of sp³-hybridized carbons (Fsp3) is 0.750. The standard InChI is InChI=1S/2C4H8O5.Mg/c2*5-3(6)1-2-4(7,8)9;/h2*7-9H,1-2H2,(H,5,6);/q;;+2/p-2. The van der Waals surface area contributed by atoms with Crippen molar-refractivity contribution >= 4 is 35.0 Å². The Hall–Kier alpha value is -0.534. The molecule has 0 spiro atoms. The maximum Gasteiger partial charge on any atom is 2.00 e. The second-order valence-electron chi connectivity index (χ2n) is 3.29. The van der Waals surface area contributed by atoms with Crippen LogP contribution in [-0.4, -0.2) is 77.6 Å². The molecule has 0 unspecified atom stereocenters. The second kappa shape index (κ2) is 10.3. The molecule has 0 fully saturated rings. The molecule has 0 aliphatic rings. The van der Waals surface area contributed by atoms with E-state index in [1.54, 1.807) is 0 Å². The van der Waals surface area contributed by atoms with E-state index < -0.39 is 49.6 Å². The first-order valence-electron chi connectivity index (χ1n) is 4.57. The molecule has 0 aliphatic heterocycles. The van der Waals surface area contributed by atoms with Gasteiger partial charge in [0.2, 0.25) is 0 Å². The SMILES string of the molecule is O=C([O-])CCC(O)(O)O.O=C([O-])CCC(O)(O)O.[Mg+2]. The van der Waals surface area contributed by atoms with Crippen LogP contribution in [0.3, 0.4) is 0 Å². The zero-order valence-electron chi connectivity index (χ0n) is 9.85. The number of rotatable bonds is 6. The van der Waals surface area contributed by atoms with Crippen LogP contribution in [0.15, 0.2) is 0 Å². The molecule has 0 rings (SSSR count). The van der Waals surface area contributed by atoms with E-state index in [0.29, 0.717) is 0 Å². The summed E-state index contributed by atoms with van der Waals surface area (Å²) in [5.41, 5.74) is 0. The van der Waals surface area contributed by atoms with Gasteiger partial charge in [-0.05, 0) is 12.8 Å². The van der Waals surface area contributed by atoms with Crippen molar-refractivity contribution < 1.29 is 50.4 Å². The van der Waals surface area contributed by atoms with Crippen molar-refractivity contribution in [1.29, 1.82) is 0 Å². The third kappa shape index (κ3) is 31.8. The van der Waals surface area contributed by atoms with Crippen LogP contribution in [0.5, 0.6) is 0 Å². The number of aliphatic hydroxyl groups is 6. The molecule has 10 nitrogen and oxygen atoms in total. The average Bonchev–Trinajstić information content (AvgIpc) is 2.10. The topological polar surface area (TPSA) is 202 Å². The van der Waals surface area contributed by atoms with Crippen molar-refractivity contribution in [3.8, 4) is 0 Å². The van der Waals surface area contributed by atoms with Crippen LogP contribution in [0.25, 0.3) is 0 Å². The van der Waals surface area contributed by atoms with Crippen molar-refractivity contribution in [3.63, 3.8) is 0 Å². The summed E-state index contributed by atoms with van der Waals surface area (Å²) in [5.74, 6) is -8.65. The van der Waals surface area contributed by atoms with Crippen LogP contribution in [0.1, 0.15) is 25.7 Å². The van der Waals surface area contributed by atoms with Gasteiger partial charge in [-0.3, -0.25) is 0 Å². The molecule has 0 saturated carbocycles. The van der Waals surface area contributed by atoms with Gasteiger partial charge < -0.3 is 50.4 Å². The molecule has 0 aromatic heterocycles. The molecule has 0 aromatic carbocycles. The van der Waals surface area contributed by atoms with Gasteiger partial charge in [0.05, 0.1) is 0 Å². The first-order valence-corrected chi connectivity index (χ1v) is 4.57. The first kappa shape index (κ1) is 23.6. The fourth-order valence-corrected chi connectivity index (χ4v) is 0.540. The Balaban J connectivity index is -0.000000256. The van der Waals surface area contributed by atoms with Gasteiger partial charge >= 0.3 is 23.1 Å². The molecule has 0 amide bonds. The second-order valence-corrected chi connectivity index (χ2v) is 3.29. The summed E-state index contributed by atoms with van der Waals surface area (Å²) < 4.78 is 0. The number of carboxylic acids is 2. The smallest absolute Gasteiger partial charge is 0.550 e. The van der Waals surface area contributed by atoms with Crippen molar-refractivity contribution in [2.24, 2.45) is 0 Å². The zero-order valence-corrected chi connectivity index (χ0v) is 11.3. The molecule has 108 valence electrons. The van der Waals surface area contributed by atoms with Gasteiger partial charge in [-0.15, -0.1) is 0 Å². The fourth-order valence-electron chi connectivity index (χ4n) is 0.540. The summed E-state index contributed by atoms with van der Waals surface area (Å²) in [7, 11) is 0. The molecule has 0 saturated heterocycles. The Morgan fingerprint density at radius 3 is 1.00 bits per heavy atom. The molecule has 0 aromatic rings. The summed E-state index contributed by atoms with van der Waals surface area (Å²) in [6, 6.07) is 0. The van der Waals surface area contributed by atoms with E-state index in [2.05, 4.69) is 0 Å². The Bertz CT molecular complexity index is 238. The van der Waals surface area contributed by atoms with Gasteiger partial charge in [-0.1, -0.05) is 0 Å². The van der Waals surface area contributed by atoms with Crippen molar-refractivity contribution in [2.45, 2.75) is 37.6 Å². The van der Waals surface area contributed by atoms with E-state index in [1.807, 2.05) is 0 Å². The molecule has 0 atom stereocenters. The maximum atomic E-state index is 9.60. The molecule has 11 heteroatoms. The van der Waals surface area contributed by atoms with E-state index in [4.69, 9.17) is 30.6 Å². The van der Waals surface area contributed by atoms with Gasteiger partial charge in [0.15, 0.2) is 0 Å². The average molecular weight is 294 g/mol. The number of carbonyl (C=O) groups is 2. The molecule has 0 aliphatic carbocycles. The maximum absolute atomic E-state index is 9.60. The Kier molecular flexibility index (Phi) is 12.7. The summed E-state index contributed by atoms with van der Waals surface area (Å²) in [4.78, 5) is 19.2. The Labute approximate surface area is 123 Å². The summed E-state index contributed by atoms with van der Waals surface area (Å²) in [6.07, 6.45) is -2.45. The number of hydrogen-bond acceptors (Lipinski definition) is 10. The van der Waals surface area contributed by atoms with Crippen LogP contribution in [-0.2, 0) is 9.59 Å². The van der Waals surface area contributed by atoms with E-state index in [-0.39, 0.29) is 23.1 Å². The van der Waals surface area contributed by atoms with Crippen molar-refractivity contribution in [1.82, 2.24) is 0 Å². The molecule has 6 N–H and O–H groups in total. The molecular formula is C8H14MgO10. The minimum absolute atomic E-state index is 0. The minimum atomic E-state index is -2.89. The van der Waals surface area contributed by atoms with Gasteiger partial charge in [-0.25, -0.2) is 0 Å². The zero-order chi connectivity index (χ0) is 15.0. The van der Waals surface area contributed by atoms with E-state index >= 15 is 0 Å². The number of hydrogen-bond donors (Lipinski definition) is 6. The van der Waals surface area contributed by atoms with E-state index in [0.717, 1.165) is 0 Å². The minimum Gasteiger partial charge on any atom is -0.550 e. The summed E-state index contributed by atoms with van der Waals surface area (Å²) in [5, 5.41) is 67.7. The van der Waals surface area contributed by atoms with E-state index in [1.165, 1.54) is 0 Å². The van der Waals surface area contributed by atoms with Crippen LogP contribution in [0.2, 0.25) is 0 Å². The first-order chi connectivity index (χ1) is 7.83.